The predicted molar refractivity (Wildman–Crippen MR) is 58.5 cm³/mol. The third-order valence-electron chi connectivity index (χ3n) is 3.55. The van der Waals surface area contributed by atoms with Crippen molar-refractivity contribution in [1.82, 2.24) is 5.32 Å². The van der Waals surface area contributed by atoms with Crippen LogP contribution in [0.25, 0.3) is 0 Å². The minimum atomic E-state index is -0.360. The smallest absolute Gasteiger partial charge is 0.314 e. The number of nitrogens with one attached hydrogen (secondary N) is 1. The molecule has 2 unspecified atom stereocenters. The zero-order valence-electron chi connectivity index (χ0n) is 9.93. The highest BCUT2D eigenvalue weighted by Crippen LogP contribution is 2.46. The third-order valence-corrected chi connectivity index (χ3v) is 3.55. The molecule has 2 rings (SSSR count). The molecular formula is C12H21NO2. The molecule has 3 nitrogen and oxygen atoms in total. The lowest BCUT2D eigenvalue weighted by molar-refractivity contribution is -0.167. The van der Waals surface area contributed by atoms with Crippen molar-refractivity contribution < 1.29 is 9.53 Å². The molecule has 3 heteroatoms. The van der Waals surface area contributed by atoms with Crippen LogP contribution < -0.4 is 5.32 Å². The summed E-state index contributed by atoms with van der Waals surface area (Å²) in [5.41, 5.74) is -0.561. The van der Waals surface area contributed by atoms with Gasteiger partial charge in [0.1, 0.15) is 5.60 Å². The third kappa shape index (κ3) is 1.89. The van der Waals surface area contributed by atoms with E-state index < -0.39 is 0 Å². The summed E-state index contributed by atoms with van der Waals surface area (Å²) >= 11 is 0. The Hall–Kier alpha value is -0.570. The first-order chi connectivity index (χ1) is 6.94. The fourth-order valence-corrected chi connectivity index (χ4v) is 2.86. The van der Waals surface area contributed by atoms with E-state index in [9.17, 15) is 4.79 Å². The highest BCUT2D eigenvalue weighted by atomic mass is 16.6. The number of fused-ring (bicyclic) bond motifs is 1. The summed E-state index contributed by atoms with van der Waals surface area (Å²) in [6.07, 6.45) is 4.22. The topological polar surface area (TPSA) is 38.3 Å². The lowest BCUT2D eigenvalue weighted by Gasteiger charge is -2.30. The zero-order chi connectivity index (χ0) is 11.1. The minimum absolute atomic E-state index is 0.0162. The molecule has 86 valence electrons. The van der Waals surface area contributed by atoms with Crippen LogP contribution in [-0.2, 0) is 9.53 Å². The molecule has 2 fully saturated rings. The minimum Gasteiger partial charge on any atom is -0.459 e. The molecule has 0 spiro atoms. The van der Waals surface area contributed by atoms with E-state index in [1.165, 1.54) is 0 Å². The van der Waals surface area contributed by atoms with Crippen molar-refractivity contribution in [2.45, 2.75) is 58.1 Å². The van der Waals surface area contributed by atoms with Crippen molar-refractivity contribution in [2.24, 2.45) is 5.41 Å². The molecule has 2 atom stereocenters. The summed E-state index contributed by atoms with van der Waals surface area (Å²) in [4.78, 5) is 12.2. The van der Waals surface area contributed by atoms with Crippen LogP contribution in [0.2, 0.25) is 0 Å². The molecule has 15 heavy (non-hydrogen) atoms. The number of carbonyl (C=O) groups excluding carboxylic acids is 1. The molecule has 1 saturated carbocycles. The van der Waals surface area contributed by atoms with E-state index in [4.69, 9.17) is 4.74 Å². The van der Waals surface area contributed by atoms with E-state index in [2.05, 4.69) is 5.32 Å². The molecule has 0 radical (unpaired) electrons. The monoisotopic (exact) mass is 211 g/mol. The summed E-state index contributed by atoms with van der Waals surface area (Å²) in [7, 11) is 0. The van der Waals surface area contributed by atoms with Crippen molar-refractivity contribution in [1.29, 1.82) is 0 Å². The van der Waals surface area contributed by atoms with Crippen LogP contribution in [-0.4, -0.2) is 24.2 Å². The normalized spacial score (nSPS) is 35.3. The van der Waals surface area contributed by atoms with E-state index in [0.29, 0.717) is 6.04 Å². The van der Waals surface area contributed by atoms with Crippen molar-refractivity contribution in [3.63, 3.8) is 0 Å². The highest BCUT2D eigenvalue weighted by molar-refractivity contribution is 5.79. The van der Waals surface area contributed by atoms with Crippen molar-refractivity contribution in [3.05, 3.63) is 0 Å². The molecule has 0 bridgehead atoms. The number of rotatable bonds is 1. The van der Waals surface area contributed by atoms with Crippen LogP contribution in [0.1, 0.15) is 46.5 Å². The molecule has 0 aromatic heterocycles. The average Bonchev–Trinajstić information content (AvgIpc) is 2.55. The van der Waals surface area contributed by atoms with Crippen LogP contribution in [0.5, 0.6) is 0 Å². The van der Waals surface area contributed by atoms with E-state index >= 15 is 0 Å². The van der Waals surface area contributed by atoms with E-state index in [1.54, 1.807) is 0 Å². The van der Waals surface area contributed by atoms with Crippen molar-refractivity contribution in [2.75, 3.05) is 6.54 Å². The van der Waals surface area contributed by atoms with E-state index in [0.717, 1.165) is 32.2 Å². The van der Waals surface area contributed by atoms with Crippen molar-refractivity contribution >= 4 is 5.97 Å². The summed E-state index contributed by atoms with van der Waals surface area (Å²) < 4.78 is 5.55. The zero-order valence-corrected chi connectivity index (χ0v) is 9.93. The summed E-state index contributed by atoms with van der Waals surface area (Å²) in [6, 6.07) is 0.368. The maximum absolute atomic E-state index is 12.2. The number of ether oxygens (including phenoxy) is 1. The van der Waals surface area contributed by atoms with Gasteiger partial charge in [0.25, 0.3) is 0 Å². The van der Waals surface area contributed by atoms with Gasteiger partial charge in [-0.1, -0.05) is 6.42 Å². The molecule has 0 aromatic carbocycles. The standard InChI is InChI=1S/C12H21NO2/c1-11(2,3)15-10(14)12-6-4-5-9(12)13-8-7-12/h9,13H,4-8H2,1-3H3. The number of hydrogen-bond acceptors (Lipinski definition) is 3. The van der Waals surface area contributed by atoms with Gasteiger partial charge in [-0.05, 0) is 46.6 Å². The Morgan fingerprint density at radius 1 is 1.40 bits per heavy atom. The van der Waals surface area contributed by atoms with Gasteiger partial charge in [0.2, 0.25) is 0 Å². The first kappa shape index (κ1) is 10.9. The van der Waals surface area contributed by atoms with Gasteiger partial charge in [-0.3, -0.25) is 4.79 Å². The molecule has 1 saturated heterocycles. The van der Waals surface area contributed by atoms with Gasteiger partial charge in [-0.15, -0.1) is 0 Å². The number of esters is 1. The van der Waals surface area contributed by atoms with Gasteiger partial charge in [-0.2, -0.15) is 0 Å². The fourth-order valence-electron chi connectivity index (χ4n) is 2.86. The Labute approximate surface area is 91.6 Å². The first-order valence-corrected chi connectivity index (χ1v) is 5.91. The molecule has 0 amide bonds. The van der Waals surface area contributed by atoms with Crippen LogP contribution in [0, 0.1) is 5.41 Å². The summed E-state index contributed by atoms with van der Waals surface area (Å²) in [5.74, 6) is 0.0162. The van der Waals surface area contributed by atoms with Crippen LogP contribution >= 0.6 is 0 Å². The number of hydrogen-bond donors (Lipinski definition) is 1. The van der Waals surface area contributed by atoms with Gasteiger partial charge in [0, 0.05) is 6.04 Å². The Kier molecular flexibility index (Phi) is 2.53. The molecule has 1 heterocycles. The molecule has 2 aliphatic rings. The lowest BCUT2D eigenvalue weighted by atomic mass is 9.82. The largest absolute Gasteiger partial charge is 0.459 e. The summed E-state index contributed by atoms with van der Waals surface area (Å²) in [5, 5.41) is 3.43. The Morgan fingerprint density at radius 2 is 2.13 bits per heavy atom. The molecular weight excluding hydrogens is 190 g/mol. The fraction of sp³-hybridized carbons (Fsp3) is 0.917. The maximum Gasteiger partial charge on any atom is 0.314 e. The second-order valence-electron chi connectivity index (χ2n) is 5.81. The van der Waals surface area contributed by atoms with Gasteiger partial charge < -0.3 is 10.1 Å². The van der Waals surface area contributed by atoms with E-state index in [1.807, 2.05) is 20.8 Å². The average molecular weight is 211 g/mol. The van der Waals surface area contributed by atoms with Gasteiger partial charge in [-0.25, -0.2) is 0 Å². The second-order valence-corrected chi connectivity index (χ2v) is 5.81. The quantitative estimate of drug-likeness (QED) is 0.673. The molecule has 0 aromatic rings. The Bertz CT molecular complexity index is 257. The Balaban J connectivity index is 2.11. The SMILES string of the molecule is CC(C)(C)OC(=O)C12CCCC1NCC2. The molecule has 1 aliphatic heterocycles. The number of carbonyl (C=O) groups is 1. The second kappa shape index (κ2) is 3.48. The van der Waals surface area contributed by atoms with Gasteiger partial charge in [0.15, 0.2) is 0 Å². The predicted octanol–water partition coefficient (Wildman–Crippen LogP) is 1.86. The first-order valence-electron chi connectivity index (χ1n) is 5.91. The van der Waals surface area contributed by atoms with Crippen LogP contribution in [0.15, 0.2) is 0 Å². The lowest BCUT2D eigenvalue weighted by Crippen LogP contribution is -2.42. The van der Waals surface area contributed by atoms with Crippen molar-refractivity contribution in [3.8, 4) is 0 Å². The van der Waals surface area contributed by atoms with Crippen LogP contribution in [0.4, 0.5) is 0 Å². The van der Waals surface area contributed by atoms with E-state index in [-0.39, 0.29) is 17.0 Å². The Morgan fingerprint density at radius 3 is 2.80 bits per heavy atom. The molecule has 1 aliphatic carbocycles. The molecule has 1 N–H and O–H groups in total. The highest BCUT2D eigenvalue weighted by Gasteiger charge is 2.53. The van der Waals surface area contributed by atoms with Gasteiger partial charge >= 0.3 is 5.97 Å². The van der Waals surface area contributed by atoms with Gasteiger partial charge in [0.05, 0.1) is 5.41 Å². The maximum atomic E-state index is 12.2. The van der Waals surface area contributed by atoms with Crippen LogP contribution in [0.3, 0.4) is 0 Å². The summed E-state index contributed by atoms with van der Waals surface area (Å²) in [6.45, 7) is 6.78.